The summed E-state index contributed by atoms with van der Waals surface area (Å²) in [5, 5.41) is 9.80. The van der Waals surface area contributed by atoms with E-state index < -0.39 is 0 Å². The van der Waals surface area contributed by atoms with Gasteiger partial charge in [0.1, 0.15) is 0 Å². The molecule has 88 valence electrons. The molecule has 1 N–H and O–H groups in total. The zero-order chi connectivity index (χ0) is 11.5. The third-order valence-corrected chi connectivity index (χ3v) is 3.93. The molecule has 0 spiro atoms. The third-order valence-electron chi connectivity index (χ3n) is 3.93. The Labute approximate surface area is 98.5 Å². The lowest BCUT2D eigenvalue weighted by Crippen LogP contribution is -2.14. The summed E-state index contributed by atoms with van der Waals surface area (Å²) in [6, 6.07) is 8.93. The minimum atomic E-state index is -0.0974. The molecule has 0 aliphatic heterocycles. The predicted molar refractivity (Wildman–Crippen MR) is 67.6 cm³/mol. The van der Waals surface area contributed by atoms with Crippen LogP contribution >= 0.6 is 0 Å². The second-order valence-electron chi connectivity index (χ2n) is 5.11. The molecule has 3 unspecified atom stereocenters. The Morgan fingerprint density at radius 1 is 1.31 bits per heavy atom. The van der Waals surface area contributed by atoms with Gasteiger partial charge in [0.15, 0.2) is 0 Å². The molecular formula is C15H22O. The van der Waals surface area contributed by atoms with Crippen molar-refractivity contribution in [2.75, 3.05) is 0 Å². The fourth-order valence-corrected chi connectivity index (χ4v) is 2.88. The van der Waals surface area contributed by atoms with E-state index in [0.717, 1.165) is 19.3 Å². The van der Waals surface area contributed by atoms with E-state index in [1.807, 2.05) is 0 Å². The van der Waals surface area contributed by atoms with E-state index in [9.17, 15) is 5.11 Å². The van der Waals surface area contributed by atoms with E-state index in [1.54, 1.807) is 0 Å². The van der Waals surface area contributed by atoms with Crippen LogP contribution in [0, 0.1) is 5.92 Å². The van der Waals surface area contributed by atoms with Gasteiger partial charge in [0.25, 0.3) is 0 Å². The molecule has 1 aromatic rings. The van der Waals surface area contributed by atoms with Gasteiger partial charge in [-0.05, 0) is 42.2 Å². The standard InChI is InChI=1S/C15H22O/c1-3-5-12-6-4-7-13(10-12)14-8-9-15(16)11(14)2/h4,6-7,10-11,14-16H,3,5,8-9H2,1-2H3. The number of hydrogen-bond donors (Lipinski definition) is 1. The summed E-state index contributed by atoms with van der Waals surface area (Å²) >= 11 is 0. The number of aliphatic hydroxyl groups is 1. The van der Waals surface area contributed by atoms with Crippen LogP contribution < -0.4 is 0 Å². The number of benzene rings is 1. The molecule has 1 aliphatic rings. The van der Waals surface area contributed by atoms with Crippen LogP contribution in [0.2, 0.25) is 0 Å². The Morgan fingerprint density at radius 2 is 2.12 bits per heavy atom. The van der Waals surface area contributed by atoms with Crippen molar-refractivity contribution < 1.29 is 5.11 Å². The zero-order valence-electron chi connectivity index (χ0n) is 10.3. The summed E-state index contributed by atoms with van der Waals surface area (Å²) in [5.74, 6) is 0.976. The van der Waals surface area contributed by atoms with Gasteiger partial charge in [-0.1, -0.05) is 44.5 Å². The monoisotopic (exact) mass is 218 g/mol. The van der Waals surface area contributed by atoms with Gasteiger partial charge < -0.3 is 5.11 Å². The third kappa shape index (κ3) is 2.30. The Balaban J connectivity index is 2.17. The molecule has 2 rings (SSSR count). The average Bonchev–Trinajstić information content (AvgIpc) is 2.61. The van der Waals surface area contributed by atoms with Crippen LogP contribution in [0.5, 0.6) is 0 Å². The van der Waals surface area contributed by atoms with Crippen molar-refractivity contribution in [2.45, 2.75) is 51.6 Å². The highest BCUT2D eigenvalue weighted by Crippen LogP contribution is 2.39. The number of aliphatic hydroxyl groups excluding tert-OH is 1. The second kappa shape index (κ2) is 5.01. The Bertz CT molecular complexity index is 345. The Morgan fingerprint density at radius 3 is 2.75 bits per heavy atom. The Hall–Kier alpha value is -0.820. The lowest BCUT2D eigenvalue weighted by atomic mass is 9.88. The summed E-state index contributed by atoms with van der Waals surface area (Å²) in [5.41, 5.74) is 2.86. The van der Waals surface area contributed by atoms with Gasteiger partial charge in [-0.3, -0.25) is 0 Å². The molecule has 1 saturated carbocycles. The largest absolute Gasteiger partial charge is 0.393 e. The molecule has 1 aromatic carbocycles. The van der Waals surface area contributed by atoms with Gasteiger partial charge in [0, 0.05) is 0 Å². The normalized spacial score (nSPS) is 29.6. The molecular weight excluding hydrogens is 196 g/mol. The van der Waals surface area contributed by atoms with Crippen LogP contribution in [-0.2, 0) is 6.42 Å². The smallest absolute Gasteiger partial charge is 0.0571 e. The fourth-order valence-electron chi connectivity index (χ4n) is 2.88. The minimum Gasteiger partial charge on any atom is -0.393 e. The molecule has 0 radical (unpaired) electrons. The van der Waals surface area contributed by atoms with E-state index >= 15 is 0 Å². The highest BCUT2D eigenvalue weighted by atomic mass is 16.3. The highest BCUT2D eigenvalue weighted by molar-refractivity contribution is 5.28. The van der Waals surface area contributed by atoms with E-state index in [0.29, 0.717) is 11.8 Å². The van der Waals surface area contributed by atoms with Crippen LogP contribution in [0.1, 0.15) is 50.2 Å². The molecule has 0 amide bonds. The topological polar surface area (TPSA) is 20.2 Å². The molecule has 1 nitrogen and oxygen atoms in total. The van der Waals surface area contributed by atoms with Gasteiger partial charge in [-0.15, -0.1) is 0 Å². The summed E-state index contributed by atoms with van der Waals surface area (Å²) < 4.78 is 0. The lowest BCUT2D eigenvalue weighted by molar-refractivity contribution is 0.136. The van der Waals surface area contributed by atoms with Gasteiger partial charge in [0.2, 0.25) is 0 Å². The number of rotatable bonds is 3. The maximum Gasteiger partial charge on any atom is 0.0571 e. The maximum atomic E-state index is 9.80. The van der Waals surface area contributed by atoms with Gasteiger partial charge in [-0.2, -0.15) is 0 Å². The summed E-state index contributed by atoms with van der Waals surface area (Å²) in [6.07, 6.45) is 4.37. The van der Waals surface area contributed by atoms with Crippen LogP contribution in [0.25, 0.3) is 0 Å². The van der Waals surface area contributed by atoms with Crippen molar-refractivity contribution >= 4 is 0 Å². The van der Waals surface area contributed by atoms with E-state index in [-0.39, 0.29) is 6.10 Å². The van der Waals surface area contributed by atoms with Crippen LogP contribution in [0.15, 0.2) is 24.3 Å². The SMILES string of the molecule is CCCc1cccc(C2CCC(O)C2C)c1. The summed E-state index contributed by atoms with van der Waals surface area (Å²) in [7, 11) is 0. The van der Waals surface area contributed by atoms with Crippen LogP contribution in [0.3, 0.4) is 0 Å². The quantitative estimate of drug-likeness (QED) is 0.823. The first-order valence-corrected chi connectivity index (χ1v) is 6.49. The van der Waals surface area contributed by atoms with E-state index in [2.05, 4.69) is 38.1 Å². The molecule has 1 aliphatic carbocycles. The van der Waals surface area contributed by atoms with Gasteiger partial charge >= 0.3 is 0 Å². The van der Waals surface area contributed by atoms with Crippen LogP contribution in [-0.4, -0.2) is 11.2 Å². The lowest BCUT2D eigenvalue weighted by Gasteiger charge is -2.18. The molecule has 1 fully saturated rings. The first-order chi connectivity index (χ1) is 7.72. The number of hydrogen-bond acceptors (Lipinski definition) is 1. The molecule has 0 saturated heterocycles. The minimum absolute atomic E-state index is 0.0974. The van der Waals surface area contributed by atoms with E-state index in [4.69, 9.17) is 0 Å². The first kappa shape index (κ1) is 11.7. The second-order valence-corrected chi connectivity index (χ2v) is 5.11. The maximum absolute atomic E-state index is 9.80. The fraction of sp³-hybridized carbons (Fsp3) is 0.600. The highest BCUT2D eigenvalue weighted by Gasteiger charge is 2.32. The summed E-state index contributed by atoms with van der Waals surface area (Å²) in [6.45, 7) is 4.39. The summed E-state index contributed by atoms with van der Waals surface area (Å²) in [4.78, 5) is 0. The molecule has 0 heterocycles. The average molecular weight is 218 g/mol. The predicted octanol–water partition coefficient (Wildman–Crippen LogP) is 3.51. The van der Waals surface area contributed by atoms with Gasteiger partial charge in [0.05, 0.1) is 6.10 Å². The molecule has 0 aromatic heterocycles. The zero-order valence-corrected chi connectivity index (χ0v) is 10.3. The van der Waals surface area contributed by atoms with E-state index in [1.165, 1.54) is 17.5 Å². The van der Waals surface area contributed by atoms with Crippen molar-refractivity contribution in [1.29, 1.82) is 0 Å². The molecule has 1 heteroatoms. The molecule has 0 bridgehead atoms. The van der Waals surface area contributed by atoms with Crippen molar-refractivity contribution in [1.82, 2.24) is 0 Å². The molecule has 3 atom stereocenters. The van der Waals surface area contributed by atoms with Crippen molar-refractivity contribution in [3.05, 3.63) is 35.4 Å². The van der Waals surface area contributed by atoms with Crippen molar-refractivity contribution in [3.63, 3.8) is 0 Å². The Kier molecular flexibility index (Phi) is 3.65. The van der Waals surface area contributed by atoms with Crippen molar-refractivity contribution in [3.8, 4) is 0 Å². The first-order valence-electron chi connectivity index (χ1n) is 6.49. The van der Waals surface area contributed by atoms with Crippen molar-refractivity contribution in [2.24, 2.45) is 5.92 Å². The van der Waals surface area contributed by atoms with Gasteiger partial charge in [-0.25, -0.2) is 0 Å². The van der Waals surface area contributed by atoms with Crippen LogP contribution in [0.4, 0.5) is 0 Å². The molecule has 16 heavy (non-hydrogen) atoms. The number of aryl methyl sites for hydroxylation is 1.